The van der Waals surface area contributed by atoms with Gasteiger partial charge in [0, 0.05) is 6.54 Å². The molecular weight excluding hydrogens is 316 g/mol. The number of carbonyl (C=O) groups excluding carboxylic acids is 1. The van der Waals surface area contributed by atoms with Gasteiger partial charge in [-0.25, -0.2) is 0 Å². The van der Waals surface area contributed by atoms with Crippen LogP contribution in [0.2, 0.25) is 0 Å². The van der Waals surface area contributed by atoms with E-state index in [4.69, 9.17) is 9.47 Å². The zero-order chi connectivity index (χ0) is 17.9. The fraction of sp³-hybridized carbons (Fsp3) is 0.350. The van der Waals surface area contributed by atoms with E-state index in [1.54, 1.807) is 7.11 Å². The van der Waals surface area contributed by atoms with E-state index in [-0.39, 0.29) is 5.91 Å². The largest absolute Gasteiger partial charge is 0.497 e. The Morgan fingerprint density at radius 3 is 2.44 bits per heavy atom. The summed E-state index contributed by atoms with van der Waals surface area (Å²) in [6.45, 7) is 4.99. The van der Waals surface area contributed by atoms with Crippen LogP contribution in [0.1, 0.15) is 20.3 Å². The van der Waals surface area contributed by atoms with Gasteiger partial charge in [0.25, 0.3) is 5.91 Å². The van der Waals surface area contributed by atoms with Crippen LogP contribution in [0.5, 0.6) is 11.5 Å². The van der Waals surface area contributed by atoms with Crippen molar-refractivity contribution in [2.24, 2.45) is 0 Å². The van der Waals surface area contributed by atoms with Crippen LogP contribution in [0.15, 0.2) is 48.5 Å². The summed E-state index contributed by atoms with van der Waals surface area (Å²) < 4.78 is 10.9. The van der Waals surface area contributed by atoms with Gasteiger partial charge in [-0.05, 0) is 56.7 Å². The quantitative estimate of drug-likeness (QED) is 0.815. The Labute approximate surface area is 148 Å². The molecule has 0 bridgehead atoms. The lowest BCUT2D eigenvalue weighted by Gasteiger charge is -2.40. The van der Waals surface area contributed by atoms with E-state index in [0.717, 1.165) is 29.3 Å². The fourth-order valence-corrected chi connectivity index (χ4v) is 2.96. The fourth-order valence-electron chi connectivity index (χ4n) is 2.96. The first-order chi connectivity index (χ1) is 12.0. The number of methoxy groups -OCH3 is 1. The van der Waals surface area contributed by atoms with Gasteiger partial charge in [0.1, 0.15) is 17.0 Å². The number of ether oxygens (including phenoxy) is 2. The summed E-state index contributed by atoms with van der Waals surface area (Å²) in [7, 11) is 1.64. The van der Waals surface area contributed by atoms with Crippen LogP contribution >= 0.6 is 0 Å². The maximum Gasteiger partial charge on any atom is 0.252 e. The molecule has 0 atom stereocenters. The highest BCUT2D eigenvalue weighted by Gasteiger charge is 2.37. The van der Waals surface area contributed by atoms with Gasteiger partial charge in [0.2, 0.25) is 0 Å². The maximum absolute atomic E-state index is 12.8. The van der Waals surface area contributed by atoms with Crippen molar-refractivity contribution in [3.05, 3.63) is 48.5 Å². The predicted octanol–water partition coefficient (Wildman–Crippen LogP) is 3.70. The molecule has 1 aliphatic heterocycles. The van der Waals surface area contributed by atoms with Crippen LogP contribution in [0.25, 0.3) is 0 Å². The monoisotopic (exact) mass is 340 g/mol. The number of rotatable bonds is 6. The average molecular weight is 340 g/mol. The maximum atomic E-state index is 12.8. The smallest absolute Gasteiger partial charge is 0.252 e. The zero-order valence-corrected chi connectivity index (χ0v) is 14.9. The van der Waals surface area contributed by atoms with Gasteiger partial charge >= 0.3 is 0 Å². The number of hydrogen-bond acceptors (Lipinski definition) is 4. The third-order valence-corrected chi connectivity index (χ3v) is 4.28. The number of carbonyl (C=O) groups is 1. The normalized spacial score (nSPS) is 15.3. The molecule has 3 rings (SSSR count). The van der Waals surface area contributed by atoms with E-state index in [9.17, 15) is 4.79 Å². The summed E-state index contributed by atoms with van der Waals surface area (Å²) in [4.78, 5) is 14.6. The minimum atomic E-state index is -0.606. The van der Waals surface area contributed by atoms with Gasteiger partial charge in [-0.2, -0.15) is 0 Å². The summed E-state index contributed by atoms with van der Waals surface area (Å²) in [6.07, 6.45) is 0.752. The van der Waals surface area contributed by atoms with E-state index in [0.29, 0.717) is 13.2 Å². The second-order valence-corrected chi connectivity index (χ2v) is 6.60. The van der Waals surface area contributed by atoms with E-state index < -0.39 is 5.54 Å². The van der Waals surface area contributed by atoms with E-state index in [1.807, 2.05) is 67.3 Å². The van der Waals surface area contributed by atoms with Crippen molar-refractivity contribution in [1.29, 1.82) is 0 Å². The summed E-state index contributed by atoms with van der Waals surface area (Å²) in [5, 5.41) is 3.31. The molecule has 132 valence electrons. The number of para-hydroxylation sites is 2. The minimum Gasteiger partial charge on any atom is -0.497 e. The van der Waals surface area contributed by atoms with Crippen molar-refractivity contribution >= 4 is 17.3 Å². The molecule has 0 saturated heterocycles. The van der Waals surface area contributed by atoms with E-state index in [1.165, 1.54) is 0 Å². The standard InChI is InChI=1S/C20H24N2O3/c1-20(2)19(23)22(18-8-5-4-7-17(18)21-20)13-6-14-25-16-11-9-15(24-3)10-12-16/h4-5,7-12,21H,6,13-14H2,1-3H3. The molecule has 0 unspecified atom stereocenters. The number of nitrogens with one attached hydrogen (secondary N) is 1. The number of nitrogens with zero attached hydrogens (tertiary/aromatic N) is 1. The molecule has 0 radical (unpaired) electrons. The van der Waals surface area contributed by atoms with Crippen molar-refractivity contribution in [1.82, 2.24) is 0 Å². The lowest BCUT2D eigenvalue weighted by Crippen LogP contribution is -2.54. The number of anilines is 2. The van der Waals surface area contributed by atoms with Gasteiger partial charge in [-0.3, -0.25) is 4.79 Å². The SMILES string of the molecule is COc1ccc(OCCCN2C(=O)C(C)(C)Nc3ccccc32)cc1. The topological polar surface area (TPSA) is 50.8 Å². The Morgan fingerprint density at radius 2 is 1.72 bits per heavy atom. The van der Waals surface area contributed by atoms with Crippen LogP contribution in [0.3, 0.4) is 0 Å². The number of benzene rings is 2. The van der Waals surface area contributed by atoms with Crippen molar-refractivity contribution < 1.29 is 14.3 Å². The lowest BCUT2D eigenvalue weighted by atomic mass is 9.98. The molecule has 1 amide bonds. The Bertz CT molecular complexity index is 741. The summed E-state index contributed by atoms with van der Waals surface area (Å²) in [5.74, 6) is 1.68. The van der Waals surface area contributed by atoms with Gasteiger partial charge in [0.15, 0.2) is 0 Å². The number of amides is 1. The zero-order valence-electron chi connectivity index (χ0n) is 14.9. The first kappa shape index (κ1) is 17.1. The Kier molecular flexibility index (Phi) is 4.83. The predicted molar refractivity (Wildman–Crippen MR) is 99.6 cm³/mol. The molecule has 2 aromatic carbocycles. The third-order valence-electron chi connectivity index (χ3n) is 4.28. The molecule has 1 aliphatic rings. The molecular formula is C20H24N2O3. The highest BCUT2D eigenvalue weighted by atomic mass is 16.5. The van der Waals surface area contributed by atoms with Gasteiger partial charge < -0.3 is 19.7 Å². The molecule has 25 heavy (non-hydrogen) atoms. The van der Waals surface area contributed by atoms with Crippen LogP contribution in [-0.2, 0) is 4.79 Å². The highest BCUT2D eigenvalue weighted by molar-refractivity contribution is 6.07. The van der Waals surface area contributed by atoms with Crippen molar-refractivity contribution in [3.63, 3.8) is 0 Å². The van der Waals surface area contributed by atoms with Crippen LogP contribution in [-0.4, -0.2) is 31.7 Å². The molecule has 0 aliphatic carbocycles. The molecule has 5 heteroatoms. The molecule has 0 spiro atoms. The third kappa shape index (κ3) is 3.71. The first-order valence-electron chi connectivity index (χ1n) is 8.47. The minimum absolute atomic E-state index is 0.0793. The molecule has 1 N–H and O–H groups in total. The van der Waals surface area contributed by atoms with Gasteiger partial charge in [-0.1, -0.05) is 12.1 Å². The van der Waals surface area contributed by atoms with Crippen molar-refractivity contribution in [2.75, 3.05) is 30.5 Å². The summed E-state index contributed by atoms with van der Waals surface area (Å²) in [5.41, 5.74) is 1.31. The first-order valence-corrected chi connectivity index (χ1v) is 8.47. The van der Waals surface area contributed by atoms with Crippen LogP contribution in [0.4, 0.5) is 11.4 Å². The second kappa shape index (κ2) is 7.05. The van der Waals surface area contributed by atoms with Crippen LogP contribution in [0, 0.1) is 0 Å². The van der Waals surface area contributed by atoms with Gasteiger partial charge in [-0.15, -0.1) is 0 Å². The molecule has 2 aromatic rings. The van der Waals surface area contributed by atoms with E-state index in [2.05, 4.69) is 5.32 Å². The average Bonchev–Trinajstić information content (AvgIpc) is 2.61. The van der Waals surface area contributed by atoms with Gasteiger partial charge in [0.05, 0.1) is 25.1 Å². The molecule has 0 saturated carbocycles. The molecule has 1 heterocycles. The second-order valence-electron chi connectivity index (χ2n) is 6.60. The summed E-state index contributed by atoms with van der Waals surface area (Å²) in [6, 6.07) is 15.4. The highest BCUT2D eigenvalue weighted by Crippen LogP contribution is 2.35. The van der Waals surface area contributed by atoms with Crippen molar-refractivity contribution in [3.8, 4) is 11.5 Å². The Hall–Kier alpha value is -2.69. The lowest BCUT2D eigenvalue weighted by molar-refractivity contribution is -0.122. The van der Waals surface area contributed by atoms with Crippen LogP contribution < -0.4 is 19.7 Å². The molecule has 0 aromatic heterocycles. The molecule has 0 fully saturated rings. The Balaban J connectivity index is 1.61. The van der Waals surface area contributed by atoms with E-state index >= 15 is 0 Å². The van der Waals surface area contributed by atoms with Crippen molar-refractivity contribution in [2.45, 2.75) is 25.8 Å². The number of hydrogen-bond donors (Lipinski definition) is 1. The number of fused-ring (bicyclic) bond motifs is 1. The Morgan fingerprint density at radius 1 is 1.04 bits per heavy atom. The summed E-state index contributed by atoms with van der Waals surface area (Å²) >= 11 is 0. The molecule has 5 nitrogen and oxygen atoms in total.